The number of rotatable bonds is 4. The highest BCUT2D eigenvalue weighted by atomic mass is 16.6. The standard InChI is InChI=1S/C13H16N4O5/c1-8(14)13(19)16-7-22-6-11(16)12(18)15-9-2-4-10(5-3-9)17(20)21/h2-5,8,11H,6-7,14H2,1H3,(H,15,18)/t8-,11-/m0/s1. The molecular formula is C13H16N4O5. The Morgan fingerprint density at radius 1 is 1.45 bits per heavy atom. The van der Waals surface area contributed by atoms with E-state index in [2.05, 4.69) is 5.32 Å². The van der Waals surface area contributed by atoms with Crippen molar-refractivity contribution in [2.24, 2.45) is 5.73 Å². The lowest BCUT2D eigenvalue weighted by molar-refractivity contribution is -0.384. The van der Waals surface area contributed by atoms with E-state index in [1.165, 1.54) is 36.1 Å². The first-order chi connectivity index (χ1) is 10.4. The SMILES string of the molecule is C[C@H](N)C(=O)N1COC[C@H]1C(=O)Nc1ccc([N+](=O)[O-])cc1. The lowest BCUT2D eigenvalue weighted by Crippen LogP contribution is -2.49. The monoisotopic (exact) mass is 308 g/mol. The van der Waals surface area contributed by atoms with Crippen LogP contribution >= 0.6 is 0 Å². The molecule has 3 N–H and O–H groups in total. The van der Waals surface area contributed by atoms with Gasteiger partial charge in [0, 0.05) is 17.8 Å². The molecule has 0 unspecified atom stereocenters. The van der Waals surface area contributed by atoms with E-state index in [0.29, 0.717) is 5.69 Å². The fourth-order valence-electron chi connectivity index (χ4n) is 2.03. The molecule has 1 aliphatic heterocycles. The van der Waals surface area contributed by atoms with Crippen LogP contribution in [0.1, 0.15) is 6.92 Å². The maximum Gasteiger partial charge on any atom is 0.269 e. The molecule has 0 aromatic heterocycles. The molecule has 9 nitrogen and oxygen atoms in total. The van der Waals surface area contributed by atoms with Crippen molar-refractivity contribution in [2.75, 3.05) is 18.7 Å². The summed E-state index contributed by atoms with van der Waals surface area (Å²) in [6.45, 7) is 1.63. The molecule has 22 heavy (non-hydrogen) atoms. The Bertz CT molecular complexity index is 587. The summed E-state index contributed by atoms with van der Waals surface area (Å²) < 4.78 is 5.15. The smallest absolute Gasteiger partial charge is 0.269 e. The van der Waals surface area contributed by atoms with Crippen molar-refractivity contribution < 1.29 is 19.2 Å². The number of carbonyl (C=O) groups excluding carboxylic acids is 2. The number of non-ortho nitro benzene ring substituents is 1. The van der Waals surface area contributed by atoms with Crippen LogP contribution in [0.4, 0.5) is 11.4 Å². The number of nitro groups is 1. The van der Waals surface area contributed by atoms with E-state index in [9.17, 15) is 19.7 Å². The van der Waals surface area contributed by atoms with Gasteiger partial charge in [0.1, 0.15) is 12.8 Å². The average molecular weight is 308 g/mol. The number of anilines is 1. The van der Waals surface area contributed by atoms with Crippen LogP contribution in [0.2, 0.25) is 0 Å². The van der Waals surface area contributed by atoms with E-state index < -0.39 is 22.9 Å². The Hall–Kier alpha value is -2.52. The molecule has 2 amide bonds. The normalized spacial score (nSPS) is 18.8. The number of nitrogens with zero attached hydrogens (tertiary/aromatic N) is 2. The second kappa shape index (κ2) is 6.50. The maximum absolute atomic E-state index is 12.2. The van der Waals surface area contributed by atoms with Crippen molar-refractivity contribution in [3.05, 3.63) is 34.4 Å². The number of benzene rings is 1. The van der Waals surface area contributed by atoms with Gasteiger partial charge in [0.05, 0.1) is 17.6 Å². The zero-order valence-corrected chi connectivity index (χ0v) is 11.9. The molecule has 118 valence electrons. The number of hydrogen-bond acceptors (Lipinski definition) is 6. The Morgan fingerprint density at radius 2 is 2.09 bits per heavy atom. The number of nitrogens with two attached hydrogens (primary N) is 1. The second-order valence-corrected chi connectivity index (χ2v) is 4.91. The van der Waals surface area contributed by atoms with Crippen LogP contribution in [0.15, 0.2) is 24.3 Å². The molecule has 9 heteroatoms. The number of amides is 2. The summed E-state index contributed by atoms with van der Waals surface area (Å²) in [5.74, 6) is -0.804. The van der Waals surface area contributed by atoms with Gasteiger partial charge in [0.2, 0.25) is 11.8 Å². The third kappa shape index (κ3) is 3.38. The Balaban J connectivity index is 2.05. The summed E-state index contributed by atoms with van der Waals surface area (Å²) in [5, 5.41) is 13.2. The number of carbonyl (C=O) groups is 2. The first kappa shape index (κ1) is 15.9. The van der Waals surface area contributed by atoms with E-state index in [1.54, 1.807) is 0 Å². The molecule has 1 aliphatic rings. The molecule has 0 radical (unpaired) electrons. The van der Waals surface area contributed by atoms with Gasteiger partial charge in [0.25, 0.3) is 5.69 Å². The lowest BCUT2D eigenvalue weighted by Gasteiger charge is -2.23. The molecule has 0 bridgehead atoms. The highest BCUT2D eigenvalue weighted by Gasteiger charge is 2.36. The maximum atomic E-state index is 12.2. The first-order valence-electron chi connectivity index (χ1n) is 6.59. The summed E-state index contributed by atoms with van der Waals surface area (Å²) in [6.07, 6.45) is 0. The molecule has 0 saturated carbocycles. The Morgan fingerprint density at radius 3 is 2.64 bits per heavy atom. The van der Waals surface area contributed by atoms with Gasteiger partial charge in [-0.15, -0.1) is 0 Å². The molecule has 1 aromatic carbocycles. The fraction of sp³-hybridized carbons (Fsp3) is 0.385. The van der Waals surface area contributed by atoms with Gasteiger partial charge in [0.15, 0.2) is 0 Å². The summed E-state index contributed by atoms with van der Waals surface area (Å²) in [6, 6.07) is 3.91. The first-order valence-corrected chi connectivity index (χ1v) is 6.59. The minimum atomic E-state index is -0.770. The Kier molecular flexibility index (Phi) is 4.68. The summed E-state index contributed by atoms with van der Waals surface area (Å²) in [5.41, 5.74) is 5.86. The number of nitrogens with one attached hydrogen (secondary N) is 1. The van der Waals surface area contributed by atoms with E-state index in [0.717, 1.165) is 0 Å². The van der Waals surface area contributed by atoms with Crippen molar-refractivity contribution >= 4 is 23.2 Å². The quantitative estimate of drug-likeness (QED) is 0.598. The molecule has 2 atom stereocenters. The largest absolute Gasteiger partial charge is 0.358 e. The topological polar surface area (TPSA) is 128 Å². The third-order valence-corrected chi connectivity index (χ3v) is 3.20. The van der Waals surface area contributed by atoms with Gasteiger partial charge in [-0.05, 0) is 19.1 Å². The predicted octanol–water partition coefficient (Wildman–Crippen LogP) is 0.0654. The van der Waals surface area contributed by atoms with Crippen molar-refractivity contribution in [1.82, 2.24) is 4.90 Å². The van der Waals surface area contributed by atoms with Crippen LogP contribution in [-0.4, -0.2) is 47.1 Å². The van der Waals surface area contributed by atoms with Crippen LogP contribution < -0.4 is 11.1 Å². The molecule has 1 fully saturated rings. The van der Waals surface area contributed by atoms with Gasteiger partial charge in [-0.3, -0.25) is 19.7 Å². The van der Waals surface area contributed by atoms with Crippen LogP contribution in [-0.2, 0) is 14.3 Å². The zero-order chi connectivity index (χ0) is 16.3. The van der Waals surface area contributed by atoms with E-state index in [-0.39, 0.29) is 24.9 Å². The summed E-state index contributed by atoms with van der Waals surface area (Å²) in [7, 11) is 0. The molecule has 0 aliphatic carbocycles. The number of hydrogen-bond donors (Lipinski definition) is 2. The minimum absolute atomic E-state index is 0.0126. The predicted molar refractivity (Wildman–Crippen MR) is 76.8 cm³/mol. The molecule has 2 rings (SSSR count). The van der Waals surface area contributed by atoms with Gasteiger partial charge >= 0.3 is 0 Å². The zero-order valence-electron chi connectivity index (χ0n) is 11.9. The number of ether oxygens (including phenoxy) is 1. The van der Waals surface area contributed by atoms with E-state index >= 15 is 0 Å². The van der Waals surface area contributed by atoms with Gasteiger partial charge in [-0.1, -0.05) is 0 Å². The second-order valence-electron chi connectivity index (χ2n) is 4.91. The molecule has 1 aromatic rings. The lowest BCUT2D eigenvalue weighted by atomic mass is 10.2. The number of nitro benzene ring substituents is 1. The molecule has 0 spiro atoms. The Labute approximate surface area is 126 Å². The van der Waals surface area contributed by atoms with Gasteiger partial charge in [-0.25, -0.2) is 0 Å². The van der Waals surface area contributed by atoms with Crippen LogP contribution in [0.3, 0.4) is 0 Å². The summed E-state index contributed by atoms with van der Waals surface area (Å²) >= 11 is 0. The highest BCUT2D eigenvalue weighted by molar-refractivity contribution is 5.98. The summed E-state index contributed by atoms with van der Waals surface area (Å²) in [4.78, 5) is 35.4. The van der Waals surface area contributed by atoms with Crippen molar-refractivity contribution in [2.45, 2.75) is 19.0 Å². The van der Waals surface area contributed by atoms with Crippen molar-refractivity contribution in [3.8, 4) is 0 Å². The van der Waals surface area contributed by atoms with E-state index in [4.69, 9.17) is 10.5 Å². The van der Waals surface area contributed by atoms with Gasteiger partial charge < -0.3 is 20.7 Å². The van der Waals surface area contributed by atoms with Crippen LogP contribution in [0, 0.1) is 10.1 Å². The molecule has 1 saturated heterocycles. The third-order valence-electron chi connectivity index (χ3n) is 3.20. The fourth-order valence-corrected chi connectivity index (χ4v) is 2.03. The molecular weight excluding hydrogens is 292 g/mol. The minimum Gasteiger partial charge on any atom is -0.358 e. The van der Waals surface area contributed by atoms with E-state index in [1.807, 2.05) is 0 Å². The average Bonchev–Trinajstić information content (AvgIpc) is 2.96. The molecule has 1 heterocycles. The van der Waals surface area contributed by atoms with Crippen molar-refractivity contribution in [1.29, 1.82) is 0 Å². The highest BCUT2D eigenvalue weighted by Crippen LogP contribution is 2.17. The van der Waals surface area contributed by atoms with Gasteiger partial charge in [-0.2, -0.15) is 0 Å². The van der Waals surface area contributed by atoms with Crippen molar-refractivity contribution in [3.63, 3.8) is 0 Å². The van der Waals surface area contributed by atoms with Crippen LogP contribution in [0.5, 0.6) is 0 Å². The van der Waals surface area contributed by atoms with Crippen LogP contribution in [0.25, 0.3) is 0 Å².